The highest BCUT2D eigenvalue weighted by molar-refractivity contribution is 5.89. The lowest BCUT2D eigenvalue weighted by molar-refractivity contribution is 1.10. The van der Waals surface area contributed by atoms with Crippen LogP contribution >= 0.6 is 0 Å². The smallest absolute Gasteiger partial charge is 0.0646 e. The van der Waals surface area contributed by atoms with Gasteiger partial charge in [0.15, 0.2) is 0 Å². The van der Waals surface area contributed by atoms with E-state index in [0.29, 0.717) is 0 Å². The van der Waals surface area contributed by atoms with Crippen LogP contribution in [0.15, 0.2) is 11.1 Å². The average molecular weight is 160 g/mol. The lowest BCUT2D eigenvalue weighted by Crippen LogP contribution is -1.99. The van der Waals surface area contributed by atoms with Gasteiger partial charge in [-0.2, -0.15) is 0 Å². The first-order valence-corrected chi connectivity index (χ1v) is 4.08. The normalized spacial score (nSPS) is 13.5. The van der Waals surface area contributed by atoms with Crippen LogP contribution < -0.4 is 5.73 Å². The average Bonchev–Trinajstić information content (AvgIpc) is 2.48. The quantitative estimate of drug-likeness (QED) is 0.577. The fourth-order valence-electron chi connectivity index (χ4n) is 1.64. The zero-order valence-electron chi connectivity index (χ0n) is 7.39. The van der Waals surface area contributed by atoms with Crippen LogP contribution in [-0.4, -0.2) is 6.21 Å². The lowest BCUT2D eigenvalue weighted by atomic mass is 9.99. The van der Waals surface area contributed by atoms with Crippen LogP contribution in [0.4, 0.5) is 5.69 Å². The maximum absolute atomic E-state index is 5.89. The second-order valence-corrected chi connectivity index (χ2v) is 3.27. The Hall–Kier alpha value is -1.31. The molecule has 0 spiro atoms. The Labute approximate surface area is 72.1 Å². The lowest BCUT2D eigenvalue weighted by Gasteiger charge is -2.08. The van der Waals surface area contributed by atoms with Crippen molar-refractivity contribution in [2.75, 3.05) is 5.73 Å². The molecule has 0 bridgehead atoms. The number of nitrogen functional groups attached to an aromatic ring is 1. The molecule has 12 heavy (non-hydrogen) atoms. The summed E-state index contributed by atoms with van der Waals surface area (Å²) < 4.78 is 0. The predicted octanol–water partition coefficient (Wildman–Crippen LogP) is 1.82. The third-order valence-corrected chi connectivity index (χ3v) is 2.45. The van der Waals surface area contributed by atoms with Crippen LogP contribution in [0.3, 0.4) is 0 Å². The van der Waals surface area contributed by atoms with Crippen LogP contribution in [0.2, 0.25) is 0 Å². The van der Waals surface area contributed by atoms with Gasteiger partial charge in [-0.25, -0.2) is 0 Å². The van der Waals surface area contributed by atoms with Gasteiger partial charge in [0.2, 0.25) is 0 Å². The number of nitrogens with zero attached hydrogens (tertiary/aromatic N) is 1. The van der Waals surface area contributed by atoms with Crippen LogP contribution in [0, 0.1) is 13.8 Å². The van der Waals surface area contributed by atoms with Crippen molar-refractivity contribution in [1.82, 2.24) is 0 Å². The third-order valence-electron chi connectivity index (χ3n) is 2.45. The van der Waals surface area contributed by atoms with E-state index >= 15 is 0 Å². The van der Waals surface area contributed by atoms with Crippen LogP contribution in [0.25, 0.3) is 0 Å². The number of rotatable bonds is 0. The van der Waals surface area contributed by atoms with Crippen molar-refractivity contribution in [2.24, 2.45) is 4.99 Å². The fraction of sp³-hybridized carbons (Fsp3) is 0.300. The van der Waals surface area contributed by atoms with E-state index in [2.05, 4.69) is 18.0 Å². The zero-order chi connectivity index (χ0) is 8.72. The molecular weight excluding hydrogens is 148 g/mol. The van der Waals surface area contributed by atoms with E-state index in [9.17, 15) is 0 Å². The Morgan fingerprint density at radius 1 is 1.42 bits per heavy atom. The number of benzene rings is 1. The van der Waals surface area contributed by atoms with E-state index in [0.717, 1.165) is 17.8 Å². The van der Waals surface area contributed by atoms with E-state index in [1.54, 1.807) is 0 Å². The molecule has 1 aromatic carbocycles. The molecular formula is C10H12N2. The topological polar surface area (TPSA) is 38.4 Å². The highest BCUT2D eigenvalue weighted by Crippen LogP contribution is 2.26. The summed E-state index contributed by atoms with van der Waals surface area (Å²) in [5, 5.41) is 0. The number of aryl methyl sites for hydroxylation is 1. The summed E-state index contributed by atoms with van der Waals surface area (Å²) >= 11 is 0. The summed E-state index contributed by atoms with van der Waals surface area (Å²) in [5.74, 6) is 0. The molecule has 2 rings (SSSR count). The van der Waals surface area contributed by atoms with Gasteiger partial charge in [0, 0.05) is 17.5 Å². The molecule has 0 atom stereocenters. The molecule has 1 aliphatic rings. The molecule has 2 N–H and O–H groups in total. The van der Waals surface area contributed by atoms with Gasteiger partial charge in [0.1, 0.15) is 0 Å². The Morgan fingerprint density at radius 3 is 2.92 bits per heavy atom. The van der Waals surface area contributed by atoms with E-state index in [-0.39, 0.29) is 0 Å². The van der Waals surface area contributed by atoms with Crippen LogP contribution in [0.5, 0.6) is 0 Å². The fourth-order valence-corrected chi connectivity index (χ4v) is 1.64. The number of hydrogen-bond donors (Lipinski definition) is 1. The van der Waals surface area contributed by atoms with E-state index < -0.39 is 0 Å². The molecule has 0 saturated heterocycles. The van der Waals surface area contributed by atoms with E-state index in [1.807, 2.05) is 13.1 Å². The monoisotopic (exact) mass is 160 g/mol. The molecule has 2 heteroatoms. The molecule has 0 aromatic heterocycles. The predicted molar refractivity (Wildman–Crippen MR) is 51.6 cm³/mol. The summed E-state index contributed by atoms with van der Waals surface area (Å²) in [6.07, 6.45) is 1.92. The summed E-state index contributed by atoms with van der Waals surface area (Å²) in [6.45, 7) is 4.91. The number of aliphatic imine (C=N–C) groups is 1. The van der Waals surface area contributed by atoms with Gasteiger partial charge in [-0.1, -0.05) is 6.07 Å². The molecule has 0 aliphatic carbocycles. The molecule has 1 aromatic rings. The molecule has 0 unspecified atom stereocenters. The second kappa shape index (κ2) is 2.34. The van der Waals surface area contributed by atoms with Gasteiger partial charge in [0.05, 0.1) is 6.54 Å². The molecule has 0 saturated carbocycles. The minimum Gasteiger partial charge on any atom is -0.398 e. The molecule has 62 valence electrons. The highest BCUT2D eigenvalue weighted by atomic mass is 14.7. The van der Waals surface area contributed by atoms with Crippen LogP contribution in [0.1, 0.15) is 22.3 Å². The SMILES string of the molecule is Cc1cc2c(c(C)c1N)C=NC2. The van der Waals surface area contributed by atoms with Crippen molar-refractivity contribution in [1.29, 1.82) is 0 Å². The summed E-state index contributed by atoms with van der Waals surface area (Å²) in [5.41, 5.74) is 11.7. The van der Waals surface area contributed by atoms with Gasteiger partial charge in [-0.15, -0.1) is 0 Å². The highest BCUT2D eigenvalue weighted by Gasteiger charge is 2.12. The van der Waals surface area contributed by atoms with Crippen LogP contribution in [-0.2, 0) is 6.54 Å². The summed E-state index contributed by atoms with van der Waals surface area (Å²) in [4.78, 5) is 4.21. The van der Waals surface area contributed by atoms with Gasteiger partial charge >= 0.3 is 0 Å². The minimum atomic E-state index is 0.817. The van der Waals surface area contributed by atoms with Crippen molar-refractivity contribution in [3.05, 3.63) is 28.3 Å². The van der Waals surface area contributed by atoms with E-state index in [4.69, 9.17) is 5.73 Å². The summed E-state index contributed by atoms with van der Waals surface area (Å²) in [6, 6.07) is 2.13. The van der Waals surface area contributed by atoms with Crippen molar-refractivity contribution in [3.8, 4) is 0 Å². The maximum atomic E-state index is 5.89. The third kappa shape index (κ3) is 0.843. The first kappa shape index (κ1) is 7.35. The van der Waals surface area contributed by atoms with Gasteiger partial charge in [-0.05, 0) is 30.5 Å². The number of hydrogen-bond acceptors (Lipinski definition) is 2. The number of fused-ring (bicyclic) bond motifs is 1. The second-order valence-electron chi connectivity index (χ2n) is 3.27. The molecule has 0 fully saturated rings. The first-order chi connectivity index (χ1) is 5.70. The molecule has 2 nitrogen and oxygen atoms in total. The summed E-state index contributed by atoms with van der Waals surface area (Å²) in [7, 11) is 0. The standard InChI is InChI=1S/C10H12N2/c1-6-3-8-4-12-5-9(8)7(2)10(6)11/h3,5H,4,11H2,1-2H3. The maximum Gasteiger partial charge on any atom is 0.0646 e. The Kier molecular flexibility index (Phi) is 1.43. The molecule has 0 amide bonds. The minimum absolute atomic E-state index is 0.817. The van der Waals surface area contributed by atoms with Crippen molar-refractivity contribution in [2.45, 2.75) is 20.4 Å². The first-order valence-electron chi connectivity index (χ1n) is 4.08. The molecule has 1 heterocycles. The number of nitrogens with two attached hydrogens (primary N) is 1. The molecule has 1 aliphatic heterocycles. The largest absolute Gasteiger partial charge is 0.398 e. The molecule has 0 radical (unpaired) electrons. The van der Waals surface area contributed by atoms with Crippen molar-refractivity contribution in [3.63, 3.8) is 0 Å². The van der Waals surface area contributed by atoms with Gasteiger partial charge in [0.25, 0.3) is 0 Å². The van der Waals surface area contributed by atoms with Gasteiger partial charge < -0.3 is 5.73 Å². The Balaban J connectivity index is 2.73. The van der Waals surface area contributed by atoms with Crippen molar-refractivity contribution < 1.29 is 0 Å². The van der Waals surface area contributed by atoms with Crippen molar-refractivity contribution >= 4 is 11.9 Å². The zero-order valence-corrected chi connectivity index (χ0v) is 7.39. The Bertz CT molecular complexity index is 365. The Morgan fingerprint density at radius 2 is 2.17 bits per heavy atom. The van der Waals surface area contributed by atoms with Gasteiger partial charge in [-0.3, -0.25) is 4.99 Å². The van der Waals surface area contributed by atoms with E-state index in [1.165, 1.54) is 16.7 Å². The number of anilines is 1.